The fourth-order valence-electron chi connectivity index (χ4n) is 1.31. The molecule has 2 aromatic heterocycles. The third kappa shape index (κ3) is 2.79. The van der Waals surface area contributed by atoms with E-state index < -0.39 is 5.97 Å². The molecule has 0 atom stereocenters. The Morgan fingerprint density at radius 2 is 2.35 bits per heavy atom. The van der Waals surface area contributed by atoms with Gasteiger partial charge in [-0.25, -0.2) is 9.78 Å². The zero-order valence-electron chi connectivity index (χ0n) is 9.17. The van der Waals surface area contributed by atoms with E-state index in [0.717, 1.165) is 0 Å². The minimum absolute atomic E-state index is 0.0575. The maximum atomic E-state index is 10.7. The summed E-state index contributed by atoms with van der Waals surface area (Å²) in [6.45, 7) is 2.66. The van der Waals surface area contributed by atoms with Crippen LogP contribution in [0.5, 0.6) is 0 Å². The Bertz CT molecular complexity index is 539. The number of hydrogen-bond donors (Lipinski definition) is 2. The molecule has 0 aliphatic rings. The van der Waals surface area contributed by atoms with Crippen LogP contribution in [0.2, 0.25) is 0 Å². The first kappa shape index (κ1) is 11.5. The van der Waals surface area contributed by atoms with Crippen molar-refractivity contribution in [3.05, 3.63) is 40.0 Å². The number of carboxylic acids is 1. The van der Waals surface area contributed by atoms with E-state index in [4.69, 9.17) is 5.11 Å². The SMILES string of the molecule is Cc1ccsc1CNc1cncc(C(=O)O)n1. The van der Waals surface area contributed by atoms with Crippen molar-refractivity contribution in [2.45, 2.75) is 13.5 Å². The summed E-state index contributed by atoms with van der Waals surface area (Å²) >= 11 is 1.65. The molecule has 2 heterocycles. The second-order valence-electron chi connectivity index (χ2n) is 3.48. The van der Waals surface area contributed by atoms with Gasteiger partial charge in [0.25, 0.3) is 0 Å². The van der Waals surface area contributed by atoms with Crippen molar-refractivity contribution in [1.82, 2.24) is 9.97 Å². The molecule has 0 aliphatic carbocycles. The Morgan fingerprint density at radius 3 is 3.00 bits per heavy atom. The Balaban J connectivity index is 2.07. The van der Waals surface area contributed by atoms with Crippen molar-refractivity contribution >= 4 is 23.1 Å². The smallest absolute Gasteiger partial charge is 0.356 e. The highest BCUT2D eigenvalue weighted by Gasteiger charge is 2.06. The zero-order chi connectivity index (χ0) is 12.3. The van der Waals surface area contributed by atoms with E-state index in [9.17, 15) is 4.79 Å². The number of nitrogens with zero attached hydrogens (tertiary/aromatic N) is 2. The highest BCUT2D eigenvalue weighted by Crippen LogP contribution is 2.16. The van der Waals surface area contributed by atoms with Gasteiger partial charge in [-0.2, -0.15) is 0 Å². The first-order valence-corrected chi connectivity index (χ1v) is 5.87. The molecule has 0 unspecified atom stereocenters. The molecule has 17 heavy (non-hydrogen) atoms. The molecule has 0 amide bonds. The second-order valence-corrected chi connectivity index (χ2v) is 4.48. The summed E-state index contributed by atoms with van der Waals surface area (Å²) in [4.78, 5) is 19.7. The summed E-state index contributed by atoms with van der Waals surface area (Å²) in [5.74, 6) is -0.605. The molecule has 5 nitrogen and oxygen atoms in total. The maximum absolute atomic E-state index is 10.7. The number of aromatic nitrogens is 2. The molecule has 0 radical (unpaired) electrons. The lowest BCUT2D eigenvalue weighted by molar-refractivity contribution is 0.0690. The zero-order valence-corrected chi connectivity index (χ0v) is 9.99. The van der Waals surface area contributed by atoms with E-state index in [1.54, 1.807) is 11.3 Å². The largest absolute Gasteiger partial charge is 0.476 e. The summed E-state index contributed by atoms with van der Waals surface area (Å²) in [7, 11) is 0. The van der Waals surface area contributed by atoms with Crippen LogP contribution in [0.4, 0.5) is 5.82 Å². The van der Waals surface area contributed by atoms with Crippen LogP contribution in [0.15, 0.2) is 23.8 Å². The van der Waals surface area contributed by atoms with Gasteiger partial charge in [0.1, 0.15) is 5.82 Å². The van der Waals surface area contributed by atoms with Gasteiger partial charge in [0, 0.05) is 4.88 Å². The van der Waals surface area contributed by atoms with Gasteiger partial charge in [-0.15, -0.1) is 11.3 Å². The third-order valence-electron chi connectivity index (χ3n) is 2.25. The van der Waals surface area contributed by atoms with Crippen LogP contribution in [-0.4, -0.2) is 21.0 Å². The van der Waals surface area contributed by atoms with Gasteiger partial charge in [0.05, 0.1) is 18.9 Å². The standard InChI is InChI=1S/C11H11N3O2S/c1-7-2-3-17-9(7)5-13-10-6-12-4-8(14-10)11(15)16/h2-4,6H,5H2,1H3,(H,13,14)(H,15,16). The number of aryl methyl sites for hydroxylation is 1. The predicted molar refractivity (Wildman–Crippen MR) is 65.4 cm³/mol. The Hall–Kier alpha value is -1.95. The number of nitrogens with one attached hydrogen (secondary N) is 1. The molecule has 0 spiro atoms. The van der Waals surface area contributed by atoms with Gasteiger partial charge in [0.2, 0.25) is 0 Å². The molecule has 0 aromatic carbocycles. The summed E-state index contributed by atoms with van der Waals surface area (Å²) < 4.78 is 0. The monoisotopic (exact) mass is 249 g/mol. The summed E-state index contributed by atoms with van der Waals surface area (Å²) in [6, 6.07) is 2.04. The van der Waals surface area contributed by atoms with Crippen molar-refractivity contribution in [3.63, 3.8) is 0 Å². The Kier molecular flexibility index (Phi) is 3.34. The average Bonchev–Trinajstić information content (AvgIpc) is 2.72. The predicted octanol–water partition coefficient (Wildman–Crippen LogP) is 2.16. The molecule has 0 saturated carbocycles. The minimum Gasteiger partial charge on any atom is -0.476 e. The van der Waals surface area contributed by atoms with Crippen molar-refractivity contribution in [1.29, 1.82) is 0 Å². The van der Waals surface area contributed by atoms with Gasteiger partial charge in [-0.05, 0) is 23.9 Å². The van der Waals surface area contributed by atoms with Crippen molar-refractivity contribution in [2.24, 2.45) is 0 Å². The number of thiophene rings is 1. The lowest BCUT2D eigenvalue weighted by Gasteiger charge is -2.04. The normalized spacial score (nSPS) is 10.2. The third-order valence-corrected chi connectivity index (χ3v) is 3.27. The van der Waals surface area contributed by atoms with Crippen LogP contribution in [0, 0.1) is 6.92 Å². The molecule has 0 saturated heterocycles. The quantitative estimate of drug-likeness (QED) is 0.868. The van der Waals surface area contributed by atoms with Gasteiger partial charge in [-0.1, -0.05) is 0 Å². The molecule has 88 valence electrons. The highest BCUT2D eigenvalue weighted by atomic mass is 32.1. The van der Waals surface area contributed by atoms with Gasteiger partial charge >= 0.3 is 5.97 Å². The second kappa shape index (κ2) is 4.92. The molecule has 0 aliphatic heterocycles. The fraction of sp³-hybridized carbons (Fsp3) is 0.182. The molecule has 6 heteroatoms. The van der Waals surface area contributed by atoms with E-state index in [-0.39, 0.29) is 5.69 Å². The number of anilines is 1. The van der Waals surface area contributed by atoms with Gasteiger partial charge in [0.15, 0.2) is 5.69 Å². The van der Waals surface area contributed by atoms with Gasteiger partial charge < -0.3 is 10.4 Å². The molecule has 2 rings (SSSR count). The molecule has 0 fully saturated rings. The molecule has 0 bridgehead atoms. The van der Waals surface area contributed by atoms with E-state index in [0.29, 0.717) is 12.4 Å². The van der Waals surface area contributed by atoms with Gasteiger partial charge in [-0.3, -0.25) is 4.98 Å². The molecule has 2 aromatic rings. The van der Waals surface area contributed by atoms with E-state index >= 15 is 0 Å². The number of aromatic carboxylic acids is 1. The van der Waals surface area contributed by atoms with Crippen LogP contribution < -0.4 is 5.32 Å². The van der Waals surface area contributed by atoms with E-state index in [1.807, 2.05) is 18.4 Å². The molecule has 2 N–H and O–H groups in total. The topological polar surface area (TPSA) is 75.1 Å². The van der Waals surface area contributed by atoms with Crippen LogP contribution in [0.1, 0.15) is 20.9 Å². The number of rotatable bonds is 4. The molecular weight excluding hydrogens is 238 g/mol. The summed E-state index contributed by atoms with van der Waals surface area (Å²) in [6.07, 6.45) is 2.74. The van der Waals surface area contributed by atoms with Crippen LogP contribution >= 0.6 is 11.3 Å². The summed E-state index contributed by atoms with van der Waals surface area (Å²) in [5.41, 5.74) is 1.16. The van der Waals surface area contributed by atoms with Crippen LogP contribution in [0.25, 0.3) is 0 Å². The molecular formula is C11H11N3O2S. The van der Waals surface area contributed by atoms with E-state index in [1.165, 1.54) is 22.8 Å². The van der Waals surface area contributed by atoms with Crippen molar-refractivity contribution in [2.75, 3.05) is 5.32 Å². The average molecular weight is 249 g/mol. The minimum atomic E-state index is -1.08. The van der Waals surface area contributed by atoms with E-state index in [2.05, 4.69) is 15.3 Å². The Morgan fingerprint density at radius 1 is 1.53 bits per heavy atom. The fourth-order valence-corrected chi connectivity index (χ4v) is 2.16. The first-order chi connectivity index (χ1) is 8.16. The first-order valence-electron chi connectivity index (χ1n) is 4.99. The Labute approximate surface area is 102 Å². The highest BCUT2D eigenvalue weighted by molar-refractivity contribution is 7.10. The van der Waals surface area contributed by atoms with Crippen LogP contribution in [-0.2, 0) is 6.54 Å². The lowest BCUT2D eigenvalue weighted by atomic mass is 10.3. The van der Waals surface area contributed by atoms with Crippen LogP contribution in [0.3, 0.4) is 0 Å². The number of carboxylic acid groups (broad SMARTS) is 1. The van der Waals surface area contributed by atoms with Crippen molar-refractivity contribution in [3.8, 4) is 0 Å². The maximum Gasteiger partial charge on any atom is 0.356 e. The number of carbonyl (C=O) groups is 1. The number of hydrogen-bond acceptors (Lipinski definition) is 5. The summed E-state index contributed by atoms with van der Waals surface area (Å²) in [5, 5.41) is 13.9. The lowest BCUT2D eigenvalue weighted by Crippen LogP contribution is -2.06. The van der Waals surface area contributed by atoms with Crippen molar-refractivity contribution < 1.29 is 9.90 Å².